The van der Waals surface area contributed by atoms with Crippen molar-refractivity contribution >= 4 is 21.8 Å². The van der Waals surface area contributed by atoms with Gasteiger partial charge in [-0.1, -0.05) is 12.1 Å². The molecule has 1 aromatic heterocycles. The van der Waals surface area contributed by atoms with Gasteiger partial charge in [-0.15, -0.1) is 0 Å². The summed E-state index contributed by atoms with van der Waals surface area (Å²) < 4.78 is 35.3. The number of ether oxygens (including phenoxy) is 1. The summed E-state index contributed by atoms with van der Waals surface area (Å²) in [4.78, 5) is 28.4. The molecule has 2 amide bonds. The van der Waals surface area contributed by atoms with E-state index >= 15 is 0 Å². The minimum Gasteiger partial charge on any atom is -0.360 e. The quantitative estimate of drug-likeness (QED) is 0.436. The van der Waals surface area contributed by atoms with E-state index in [1.54, 1.807) is 31.6 Å². The van der Waals surface area contributed by atoms with Crippen LogP contribution in [0.2, 0.25) is 0 Å². The number of aromatic nitrogens is 2. The Morgan fingerprint density at radius 2 is 2.00 bits per heavy atom. The van der Waals surface area contributed by atoms with Crippen LogP contribution in [0.5, 0.6) is 0 Å². The minimum atomic E-state index is -3.82. The molecule has 1 fully saturated rings. The maximum atomic E-state index is 13.3. The SMILES string of the molecule is Cc1ccc(C)c(S(=O)(=O)N2CCCO[C@@H]2CNC(=O)C(=O)NCCCn2ccnc2)c1. The molecule has 0 spiro atoms. The molecule has 2 heterocycles. The largest absolute Gasteiger partial charge is 0.360 e. The average Bonchev–Trinajstić information content (AvgIpc) is 3.30. The molecule has 3 rings (SSSR count). The first kappa shape index (κ1) is 23.9. The number of sulfonamides is 1. The van der Waals surface area contributed by atoms with Crippen molar-refractivity contribution in [2.45, 2.75) is 44.4 Å². The minimum absolute atomic E-state index is 0.120. The van der Waals surface area contributed by atoms with Gasteiger partial charge in [0.2, 0.25) is 10.0 Å². The fourth-order valence-electron chi connectivity index (χ4n) is 3.44. The van der Waals surface area contributed by atoms with Crippen LogP contribution in [-0.2, 0) is 30.9 Å². The van der Waals surface area contributed by atoms with E-state index in [0.29, 0.717) is 38.1 Å². The van der Waals surface area contributed by atoms with Gasteiger partial charge in [-0.3, -0.25) is 9.59 Å². The van der Waals surface area contributed by atoms with Crippen molar-refractivity contribution in [1.82, 2.24) is 24.5 Å². The lowest BCUT2D eigenvalue weighted by Crippen LogP contribution is -2.53. The number of aryl methyl sites for hydroxylation is 3. The van der Waals surface area contributed by atoms with Crippen LogP contribution in [0.1, 0.15) is 24.0 Å². The second-order valence-electron chi connectivity index (χ2n) is 7.68. The van der Waals surface area contributed by atoms with Crippen LogP contribution >= 0.6 is 0 Å². The molecule has 0 saturated carbocycles. The van der Waals surface area contributed by atoms with Crippen molar-refractivity contribution < 1.29 is 22.7 Å². The number of imidazole rings is 1. The van der Waals surface area contributed by atoms with E-state index in [1.165, 1.54) is 4.31 Å². The number of benzene rings is 1. The smallest absolute Gasteiger partial charge is 0.309 e. The Hall–Kier alpha value is -2.76. The van der Waals surface area contributed by atoms with Crippen LogP contribution in [0.15, 0.2) is 41.8 Å². The standard InChI is InChI=1S/C21H29N5O5S/c1-16-5-6-17(2)18(13-16)32(29,30)26-10-4-12-31-19(26)14-24-21(28)20(27)23-7-3-9-25-11-8-22-15-25/h5-6,8,11,13,15,19H,3-4,7,9-10,12,14H2,1-2H3,(H,23,27)(H,24,28)/t19-/m1/s1. The summed E-state index contributed by atoms with van der Waals surface area (Å²) in [5.74, 6) is -1.60. The van der Waals surface area contributed by atoms with E-state index in [-0.39, 0.29) is 18.0 Å². The van der Waals surface area contributed by atoms with E-state index < -0.39 is 28.1 Å². The second-order valence-corrected chi connectivity index (χ2v) is 9.54. The summed E-state index contributed by atoms with van der Waals surface area (Å²) in [7, 11) is -3.82. The highest BCUT2D eigenvalue weighted by Crippen LogP contribution is 2.25. The van der Waals surface area contributed by atoms with Crippen molar-refractivity contribution in [2.75, 3.05) is 26.2 Å². The topological polar surface area (TPSA) is 123 Å². The number of nitrogens with zero attached hydrogens (tertiary/aromatic N) is 3. The van der Waals surface area contributed by atoms with Gasteiger partial charge < -0.3 is 19.9 Å². The predicted octanol–water partition coefficient (Wildman–Crippen LogP) is 0.560. The molecule has 0 aliphatic carbocycles. The Bertz CT molecular complexity index is 1040. The lowest BCUT2D eigenvalue weighted by molar-refractivity contribution is -0.140. The molecule has 2 aromatic rings. The summed E-state index contributed by atoms with van der Waals surface area (Å²) in [6.07, 6.45) is 5.47. The van der Waals surface area contributed by atoms with Gasteiger partial charge in [0.05, 0.1) is 24.4 Å². The van der Waals surface area contributed by atoms with Crippen molar-refractivity contribution in [3.8, 4) is 0 Å². The zero-order valence-electron chi connectivity index (χ0n) is 18.3. The van der Waals surface area contributed by atoms with Crippen LogP contribution in [-0.4, -0.2) is 66.6 Å². The highest BCUT2D eigenvalue weighted by Gasteiger charge is 2.35. The molecule has 10 nitrogen and oxygen atoms in total. The lowest BCUT2D eigenvalue weighted by atomic mass is 10.2. The Morgan fingerprint density at radius 1 is 1.22 bits per heavy atom. The Balaban J connectivity index is 1.55. The van der Waals surface area contributed by atoms with Gasteiger partial charge in [0.15, 0.2) is 0 Å². The fraction of sp³-hybridized carbons (Fsp3) is 0.476. The first-order valence-electron chi connectivity index (χ1n) is 10.5. The zero-order chi connectivity index (χ0) is 23.1. The molecule has 1 aromatic carbocycles. The monoisotopic (exact) mass is 463 g/mol. The van der Waals surface area contributed by atoms with Gasteiger partial charge in [0.25, 0.3) is 0 Å². The van der Waals surface area contributed by atoms with Gasteiger partial charge in [0.1, 0.15) is 6.23 Å². The van der Waals surface area contributed by atoms with Gasteiger partial charge >= 0.3 is 11.8 Å². The Labute approximate surface area is 188 Å². The number of hydrogen-bond donors (Lipinski definition) is 2. The van der Waals surface area contributed by atoms with E-state index in [2.05, 4.69) is 15.6 Å². The van der Waals surface area contributed by atoms with Crippen LogP contribution < -0.4 is 10.6 Å². The third-order valence-corrected chi connectivity index (χ3v) is 7.20. The first-order chi connectivity index (χ1) is 15.3. The van der Waals surface area contributed by atoms with Crippen molar-refractivity contribution in [3.05, 3.63) is 48.0 Å². The highest BCUT2D eigenvalue weighted by molar-refractivity contribution is 7.89. The molecular formula is C21H29N5O5S. The van der Waals surface area contributed by atoms with Gasteiger partial charge in [0, 0.05) is 32.0 Å². The van der Waals surface area contributed by atoms with Crippen LogP contribution in [0.25, 0.3) is 0 Å². The first-order valence-corrected chi connectivity index (χ1v) is 12.0. The van der Waals surface area contributed by atoms with Crippen LogP contribution in [0.4, 0.5) is 0 Å². The predicted molar refractivity (Wildman–Crippen MR) is 117 cm³/mol. The molecule has 1 aliphatic heterocycles. The summed E-state index contributed by atoms with van der Waals surface area (Å²) in [5, 5.41) is 5.05. The van der Waals surface area contributed by atoms with Gasteiger partial charge in [-0.25, -0.2) is 13.4 Å². The molecule has 11 heteroatoms. The molecule has 174 valence electrons. The third kappa shape index (κ3) is 5.93. The molecule has 0 unspecified atom stereocenters. The molecular weight excluding hydrogens is 434 g/mol. The molecule has 2 N–H and O–H groups in total. The average molecular weight is 464 g/mol. The van der Waals surface area contributed by atoms with E-state index in [4.69, 9.17) is 4.74 Å². The number of hydrogen-bond acceptors (Lipinski definition) is 6. The van der Waals surface area contributed by atoms with Crippen LogP contribution in [0, 0.1) is 13.8 Å². The third-order valence-electron chi connectivity index (χ3n) is 5.17. The molecule has 0 bridgehead atoms. The second kappa shape index (κ2) is 10.7. The number of carbonyl (C=O) groups is 2. The zero-order valence-corrected chi connectivity index (χ0v) is 19.1. The summed E-state index contributed by atoms with van der Waals surface area (Å²) in [6.45, 7) is 5.10. The number of amides is 2. The molecule has 1 aliphatic rings. The maximum absolute atomic E-state index is 13.3. The van der Waals surface area contributed by atoms with E-state index in [0.717, 1.165) is 5.56 Å². The number of rotatable bonds is 8. The number of carbonyl (C=O) groups excluding carboxylic acids is 2. The normalized spacial score (nSPS) is 17.1. The summed E-state index contributed by atoms with van der Waals surface area (Å²) >= 11 is 0. The maximum Gasteiger partial charge on any atom is 0.309 e. The molecule has 0 radical (unpaired) electrons. The van der Waals surface area contributed by atoms with E-state index in [1.807, 2.05) is 23.8 Å². The van der Waals surface area contributed by atoms with Crippen molar-refractivity contribution in [2.24, 2.45) is 0 Å². The Kier molecular flexibility index (Phi) is 7.99. The molecule has 32 heavy (non-hydrogen) atoms. The van der Waals surface area contributed by atoms with Crippen molar-refractivity contribution in [1.29, 1.82) is 0 Å². The van der Waals surface area contributed by atoms with Crippen molar-refractivity contribution in [3.63, 3.8) is 0 Å². The number of nitrogens with one attached hydrogen (secondary N) is 2. The van der Waals surface area contributed by atoms with Gasteiger partial charge in [-0.05, 0) is 43.9 Å². The summed E-state index contributed by atoms with van der Waals surface area (Å²) in [5.41, 5.74) is 1.47. The lowest BCUT2D eigenvalue weighted by Gasteiger charge is -2.35. The molecule has 1 saturated heterocycles. The highest BCUT2D eigenvalue weighted by atomic mass is 32.2. The fourth-order valence-corrected chi connectivity index (χ4v) is 5.31. The molecule has 1 atom stereocenters. The van der Waals surface area contributed by atoms with Gasteiger partial charge in [-0.2, -0.15) is 4.31 Å². The van der Waals surface area contributed by atoms with E-state index in [9.17, 15) is 18.0 Å². The van der Waals surface area contributed by atoms with Crippen LogP contribution in [0.3, 0.4) is 0 Å². The Morgan fingerprint density at radius 3 is 2.75 bits per heavy atom. The summed E-state index contributed by atoms with van der Waals surface area (Å²) in [6, 6.07) is 5.25.